The topological polar surface area (TPSA) is 66.4 Å². The molecule has 0 aromatic rings. The number of aliphatic carboxylic acids is 1. The normalized spacial score (nSPS) is 27.9. The van der Waals surface area contributed by atoms with Crippen molar-refractivity contribution < 1.29 is 14.7 Å². The maximum Gasteiger partial charge on any atom is 0.329 e. The van der Waals surface area contributed by atoms with E-state index in [0.29, 0.717) is 25.2 Å². The third-order valence-electron chi connectivity index (χ3n) is 3.89. The lowest BCUT2D eigenvalue weighted by Crippen LogP contribution is -2.56. The molecule has 1 aliphatic rings. The Hall–Kier alpha value is -1.06. The number of carbonyl (C=O) groups excluding carboxylic acids is 1. The van der Waals surface area contributed by atoms with Gasteiger partial charge in [-0.05, 0) is 30.6 Å². The molecule has 0 aliphatic heterocycles. The van der Waals surface area contributed by atoms with Crippen molar-refractivity contribution in [1.29, 1.82) is 0 Å². The van der Waals surface area contributed by atoms with E-state index >= 15 is 0 Å². The van der Waals surface area contributed by atoms with Gasteiger partial charge in [-0.3, -0.25) is 4.79 Å². The van der Waals surface area contributed by atoms with Crippen molar-refractivity contribution in [2.75, 3.05) is 0 Å². The minimum Gasteiger partial charge on any atom is -0.480 e. The van der Waals surface area contributed by atoms with Crippen molar-refractivity contribution in [2.45, 2.75) is 71.8 Å². The molecule has 4 nitrogen and oxygen atoms in total. The minimum atomic E-state index is -1.04. The van der Waals surface area contributed by atoms with E-state index in [1.807, 2.05) is 0 Å². The zero-order valence-electron chi connectivity index (χ0n) is 12.6. The molecule has 2 unspecified atom stereocenters. The smallest absolute Gasteiger partial charge is 0.329 e. The Morgan fingerprint density at radius 1 is 1.37 bits per heavy atom. The maximum atomic E-state index is 12.0. The Balaban J connectivity index is 2.64. The van der Waals surface area contributed by atoms with Gasteiger partial charge in [0.05, 0.1) is 0 Å². The molecule has 1 fully saturated rings. The first kappa shape index (κ1) is 16.0. The molecule has 1 saturated carbocycles. The molecule has 1 amide bonds. The molecule has 0 saturated heterocycles. The molecule has 0 aromatic heterocycles. The summed E-state index contributed by atoms with van der Waals surface area (Å²) in [5.74, 6) is -0.664. The van der Waals surface area contributed by atoms with Gasteiger partial charge < -0.3 is 10.4 Å². The van der Waals surface area contributed by atoms with E-state index in [9.17, 15) is 14.7 Å². The van der Waals surface area contributed by atoms with Crippen LogP contribution in [0.15, 0.2) is 0 Å². The van der Waals surface area contributed by atoms with Crippen molar-refractivity contribution in [3.05, 3.63) is 0 Å². The van der Waals surface area contributed by atoms with Crippen LogP contribution in [0, 0.1) is 11.3 Å². The summed E-state index contributed by atoms with van der Waals surface area (Å²) in [6.45, 7) is 8.29. The Kier molecular flexibility index (Phi) is 4.99. The highest BCUT2D eigenvalue weighted by atomic mass is 16.4. The lowest BCUT2D eigenvalue weighted by Gasteiger charge is -2.37. The summed E-state index contributed by atoms with van der Waals surface area (Å²) >= 11 is 0. The van der Waals surface area contributed by atoms with E-state index in [1.54, 1.807) is 0 Å². The van der Waals surface area contributed by atoms with Gasteiger partial charge in [0.1, 0.15) is 5.54 Å². The second-order valence-corrected chi connectivity index (χ2v) is 7.20. The van der Waals surface area contributed by atoms with E-state index in [0.717, 1.165) is 19.3 Å². The highest BCUT2D eigenvalue weighted by molar-refractivity contribution is 5.87. The molecule has 110 valence electrons. The predicted octanol–water partition coefficient (Wildman–Crippen LogP) is 2.96. The summed E-state index contributed by atoms with van der Waals surface area (Å²) in [6.07, 6.45) is 4.18. The molecule has 19 heavy (non-hydrogen) atoms. The van der Waals surface area contributed by atoms with Crippen LogP contribution >= 0.6 is 0 Å². The van der Waals surface area contributed by atoms with Crippen LogP contribution in [-0.2, 0) is 9.59 Å². The first-order chi connectivity index (χ1) is 8.65. The molecule has 0 bridgehead atoms. The van der Waals surface area contributed by atoms with Crippen LogP contribution in [0.5, 0.6) is 0 Å². The third-order valence-corrected chi connectivity index (χ3v) is 3.89. The molecule has 0 aromatic carbocycles. The van der Waals surface area contributed by atoms with Crippen LogP contribution in [-0.4, -0.2) is 22.5 Å². The number of rotatable bonds is 4. The first-order valence-electron chi connectivity index (χ1n) is 7.19. The molecule has 0 heterocycles. The van der Waals surface area contributed by atoms with Crippen LogP contribution in [0.25, 0.3) is 0 Å². The van der Waals surface area contributed by atoms with E-state index < -0.39 is 11.5 Å². The number of hydrogen-bond acceptors (Lipinski definition) is 2. The third kappa shape index (κ3) is 4.84. The fourth-order valence-corrected chi connectivity index (χ4v) is 2.73. The molecule has 0 spiro atoms. The largest absolute Gasteiger partial charge is 0.480 e. The Labute approximate surface area is 116 Å². The summed E-state index contributed by atoms with van der Waals surface area (Å²) in [7, 11) is 0. The van der Waals surface area contributed by atoms with Gasteiger partial charge in [-0.25, -0.2) is 4.79 Å². The van der Waals surface area contributed by atoms with Crippen LogP contribution in [0.3, 0.4) is 0 Å². The number of carboxylic acid groups (broad SMARTS) is 1. The van der Waals surface area contributed by atoms with Crippen molar-refractivity contribution in [3.63, 3.8) is 0 Å². The number of amides is 1. The van der Waals surface area contributed by atoms with Gasteiger partial charge in [-0.15, -0.1) is 0 Å². The SMILES string of the molecule is CC1CCCC(NC(=O)CCC(C)(C)C)(C(=O)O)C1. The number of carboxylic acids is 1. The van der Waals surface area contributed by atoms with E-state index in [4.69, 9.17) is 0 Å². The fraction of sp³-hybridized carbons (Fsp3) is 0.867. The molecule has 1 rings (SSSR count). The number of carbonyl (C=O) groups is 2. The predicted molar refractivity (Wildman–Crippen MR) is 74.8 cm³/mol. The summed E-state index contributed by atoms with van der Waals surface area (Å²) in [4.78, 5) is 23.5. The van der Waals surface area contributed by atoms with Crippen molar-refractivity contribution in [3.8, 4) is 0 Å². The molecular formula is C15H27NO3. The highest BCUT2D eigenvalue weighted by Crippen LogP contribution is 2.33. The van der Waals surface area contributed by atoms with Crippen molar-refractivity contribution in [1.82, 2.24) is 5.32 Å². The zero-order valence-corrected chi connectivity index (χ0v) is 12.6. The molecule has 2 N–H and O–H groups in total. The van der Waals surface area contributed by atoms with Gasteiger partial charge in [0, 0.05) is 6.42 Å². The molecule has 1 aliphatic carbocycles. The van der Waals surface area contributed by atoms with Gasteiger partial charge >= 0.3 is 5.97 Å². The highest BCUT2D eigenvalue weighted by Gasteiger charge is 2.43. The summed E-state index contributed by atoms with van der Waals surface area (Å²) in [5.41, 5.74) is -0.944. The Morgan fingerprint density at radius 2 is 2.00 bits per heavy atom. The molecule has 4 heteroatoms. The quantitative estimate of drug-likeness (QED) is 0.824. The van der Waals surface area contributed by atoms with Gasteiger partial charge in [0.15, 0.2) is 0 Å². The summed E-state index contributed by atoms with van der Waals surface area (Å²) in [5, 5.41) is 12.3. The first-order valence-corrected chi connectivity index (χ1v) is 7.19. The van der Waals surface area contributed by atoms with Crippen molar-refractivity contribution >= 4 is 11.9 Å². The van der Waals surface area contributed by atoms with Gasteiger partial charge in [0.25, 0.3) is 0 Å². The Morgan fingerprint density at radius 3 is 2.47 bits per heavy atom. The fourth-order valence-electron chi connectivity index (χ4n) is 2.73. The second kappa shape index (κ2) is 5.93. The lowest BCUT2D eigenvalue weighted by atomic mass is 9.76. The van der Waals surface area contributed by atoms with Crippen molar-refractivity contribution in [2.24, 2.45) is 11.3 Å². The standard InChI is InChI=1S/C15H27NO3/c1-11-6-5-8-15(10-11,13(18)19)16-12(17)7-9-14(2,3)4/h11H,5-10H2,1-4H3,(H,16,17)(H,18,19). The second-order valence-electron chi connectivity index (χ2n) is 7.20. The minimum absolute atomic E-state index is 0.0909. The average Bonchev–Trinajstić information content (AvgIpc) is 2.25. The molecule has 2 atom stereocenters. The van der Waals surface area contributed by atoms with Gasteiger partial charge in [0.2, 0.25) is 5.91 Å². The molecule has 0 radical (unpaired) electrons. The number of nitrogens with one attached hydrogen (secondary N) is 1. The van der Waals surface area contributed by atoms with Gasteiger partial charge in [-0.1, -0.05) is 40.5 Å². The molecular weight excluding hydrogens is 242 g/mol. The summed E-state index contributed by atoms with van der Waals surface area (Å²) in [6, 6.07) is 0. The average molecular weight is 269 g/mol. The Bertz CT molecular complexity index is 346. The zero-order chi connectivity index (χ0) is 14.7. The summed E-state index contributed by atoms with van der Waals surface area (Å²) < 4.78 is 0. The number of hydrogen-bond donors (Lipinski definition) is 2. The van der Waals surface area contributed by atoms with Crippen LogP contribution in [0.4, 0.5) is 0 Å². The monoisotopic (exact) mass is 269 g/mol. The lowest BCUT2D eigenvalue weighted by molar-refractivity contribution is -0.150. The van der Waals surface area contributed by atoms with Crippen LogP contribution in [0.1, 0.15) is 66.2 Å². The van der Waals surface area contributed by atoms with Crippen LogP contribution < -0.4 is 5.32 Å². The van der Waals surface area contributed by atoms with E-state index in [2.05, 4.69) is 33.0 Å². The maximum absolute atomic E-state index is 12.0. The van der Waals surface area contributed by atoms with E-state index in [-0.39, 0.29) is 11.3 Å². The van der Waals surface area contributed by atoms with Crippen LogP contribution in [0.2, 0.25) is 0 Å². The van der Waals surface area contributed by atoms with Gasteiger partial charge in [-0.2, -0.15) is 0 Å². The van der Waals surface area contributed by atoms with E-state index in [1.165, 1.54) is 0 Å².